The smallest absolute Gasteiger partial charge is 0.332 e. The summed E-state index contributed by atoms with van der Waals surface area (Å²) in [6.07, 6.45) is 0. The Hall–Kier alpha value is -1.53. The van der Waals surface area contributed by atoms with E-state index in [2.05, 4.69) is 5.32 Å². The first-order chi connectivity index (χ1) is 8.09. The first kappa shape index (κ1) is 11.9. The van der Waals surface area contributed by atoms with Crippen LogP contribution >= 0.6 is 11.8 Å². The van der Waals surface area contributed by atoms with Gasteiger partial charge in [-0.05, 0) is 18.6 Å². The summed E-state index contributed by atoms with van der Waals surface area (Å²) in [4.78, 5) is 24.0. The molecule has 2 N–H and O–H groups in total. The third kappa shape index (κ3) is 2.42. The van der Waals surface area contributed by atoms with Gasteiger partial charge in [-0.15, -0.1) is 16.8 Å². The zero-order valence-corrected chi connectivity index (χ0v) is 10.0. The molecule has 1 unspecified atom stereocenters. The summed E-state index contributed by atoms with van der Waals surface area (Å²) in [6, 6.07) is 6.72. The first-order valence-corrected chi connectivity index (χ1v) is 6.03. The maximum atomic E-state index is 11.7. The molecule has 0 fully saturated rings. The van der Waals surface area contributed by atoms with E-state index in [9.17, 15) is 14.8 Å². The molecule has 6 heteroatoms. The second-order valence-corrected chi connectivity index (χ2v) is 5.06. The van der Waals surface area contributed by atoms with Crippen LogP contribution < -0.4 is 5.32 Å². The first-order valence-electron chi connectivity index (χ1n) is 5.15. The number of nitrogens with zero attached hydrogens (tertiary/aromatic N) is 1. The lowest BCUT2D eigenvalue weighted by Gasteiger charge is -2.15. The van der Waals surface area contributed by atoms with Crippen LogP contribution in [0.25, 0.3) is 0 Å². The van der Waals surface area contributed by atoms with Crippen molar-refractivity contribution in [2.45, 2.75) is 23.6 Å². The SMILES string of the molecule is CC1Sc2ccccc2CNC(=O)N(O)C1=O. The van der Waals surface area contributed by atoms with Crippen LogP contribution in [-0.4, -0.2) is 27.5 Å². The van der Waals surface area contributed by atoms with E-state index >= 15 is 0 Å². The number of imide groups is 1. The lowest BCUT2D eigenvalue weighted by atomic mass is 10.2. The topological polar surface area (TPSA) is 69.6 Å². The monoisotopic (exact) mass is 252 g/mol. The van der Waals surface area contributed by atoms with Crippen LogP contribution in [0.4, 0.5) is 4.79 Å². The van der Waals surface area contributed by atoms with Gasteiger partial charge < -0.3 is 5.32 Å². The summed E-state index contributed by atoms with van der Waals surface area (Å²) < 4.78 is 0. The highest BCUT2D eigenvalue weighted by Crippen LogP contribution is 2.28. The quantitative estimate of drug-likeness (QED) is 0.688. The number of rotatable bonds is 0. The van der Waals surface area contributed by atoms with Crippen LogP contribution in [-0.2, 0) is 11.3 Å². The molecule has 1 atom stereocenters. The number of benzene rings is 1. The highest BCUT2D eigenvalue weighted by Gasteiger charge is 2.27. The second-order valence-electron chi connectivity index (χ2n) is 3.68. The molecule has 1 heterocycles. The molecule has 3 amide bonds. The molecule has 90 valence electrons. The fourth-order valence-corrected chi connectivity index (χ4v) is 2.55. The normalized spacial score (nSPS) is 21.1. The van der Waals surface area contributed by atoms with Gasteiger partial charge in [-0.1, -0.05) is 18.2 Å². The van der Waals surface area contributed by atoms with Gasteiger partial charge in [0.2, 0.25) is 0 Å². The number of nitrogens with one attached hydrogen (secondary N) is 1. The van der Waals surface area contributed by atoms with Crippen LogP contribution in [0.2, 0.25) is 0 Å². The lowest BCUT2D eigenvalue weighted by molar-refractivity contribution is -0.151. The molecule has 1 aromatic carbocycles. The van der Waals surface area contributed by atoms with E-state index in [0.717, 1.165) is 10.5 Å². The van der Waals surface area contributed by atoms with Gasteiger partial charge in [-0.3, -0.25) is 10.0 Å². The summed E-state index contributed by atoms with van der Waals surface area (Å²) in [7, 11) is 0. The zero-order valence-electron chi connectivity index (χ0n) is 9.21. The Morgan fingerprint density at radius 1 is 1.41 bits per heavy atom. The Morgan fingerprint density at radius 2 is 2.12 bits per heavy atom. The molecule has 0 radical (unpaired) electrons. The maximum Gasteiger partial charge on any atom is 0.348 e. The largest absolute Gasteiger partial charge is 0.348 e. The average Bonchev–Trinajstić information content (AvgIpc) is 2.37. The van der Waals surface area contributed by atoms with Gasteiger partial charge in [0.05, 0.1) is 5.25 Å². The van der Waals surface area contributed by atoms with Crippen LogP contribution in [0.5, 0.6) is 0 Å². The van der Waals surface area contributed by atoms with E-state index in [-0.39, 0.29) is 5.06 Å². The van der Waals surface area contributed by atoms with Gasteiger partial charge >= 0.3 is 6.03 Å². The fraction of sp³-hybridized carbons (Fsp3) is 0.273. The summed E-state index contributed by atoms with van der Waals surface area (Å²) in [5.74, 6) is -0.621. The van der Waals surface area contributed by atoms with E-state index in [0.29, 0.717) is 6.54 Å². The van der Waals surface area contributed by atoms with Crippen molar-refractivity contribution >= 4 is 23.7 Å². The van der Waals surface area contributed by atoms with Gasteiger partial charge in [0, 0.05) is 11.4 Å². The van der Waals surface area contributed by atoms with Gasteiger partial charge in [0.1, 0.15) is 0 Å². The van der Waals surface area contributed by atoms with Crippen molar-refractivity contribution in [2.24, 2.45) is 0 Å². The Labute approximate surface area is 103 Å². The highest BCUT2D eigenvalue weighted by molar-refractivity contribution is 8.00. The molecule has 5 nitrogen and oxygen atoms in total. The van der Waals surface area contributed by atoms with E-state index in [1.165, 1.54) is 11.8 Å². The molecule has 2 rings (SSSR count). The molecule has 0 bridgehead atoms. The van der Waals surface area contributed by atoms with E-state index < -0.39 is 17.2 Å². The van der Waals surface area contributed by atoms with Crippen molar-refractivity contribution in [2.75, 3.05) is 0 Å². The number of hydrogen-bond donors (Lipinski definition) is 2. The van der Waals surface area contributed by atoms with Crippen molar-refractivity contribution < 1.29 is 14.8 Å². The van der Waals surface area contributed by atoms with Crippen LogP contribution in [0, 0.1) is 0 Å². The van der Waals surface area contributed by atoms with Gasteiger partial charge in [0.15, 0.2) is 0 Å². The average molecular weight is 252 g/mol. The van der Waals surface area contributed by atoms with Crippen molar-refractivity contribution in [1.29, 1.82) is 0 Å². The molecule has 1 aliphatic heterocycles. The zero-order chi connectivity index (χ0) is 12.4. The third-order valence-electron chi connectivity index (χ3n) is 2.46. The number of amides is 3. The van der Waals surface area contributed by atoms with Crippen molar-refractivity contribution in [3.63, 3.8) is 0 Å². The van der Waals surface area contributed by atoms with Crippen molar-refractivity contribution in [3.05, 3.63) is 29.8 Å². The van der Waals surface area contributed by atoms with E-state index in [1.54, 1.807) is 6.92 Å². The third-order valence-corrected chi connectivity index (χ3v) is 3.66. The number of carbonyl (C=O) groups excluding carboxylic acids is 2. The lowest BCUT2D eigenvalue weighted by Crippen LogP contribution is -2.43. The fourth-order valence-electron chi connectivity index (χ4n) is 1.52. The van der Waals surface area contributed by atoms with Gasteiger partial charge in [-0.25, -0.2) is 4.79 Å². The van der Waals surface area contributed by atoms with Crippen LogP contribution in [0.3, 0.4) is 0 Å². The minimum absolute atomic E-state index is 0.142. The number of hydroxylamine groups is 2. The Morgan fingerprint density at radius 3 is 2.88 bits per heavy atom. The number of carbonyl (C=O) groups is 2. The minimum Gasteiger partial charge on any atom is -0.332 e. The van der Waals surface area contributed by atoms with Gasteiger partial charge in [-0.2, -0.15) is 0 Å². The van der Waals surface area contributed by atoms with E-state index in [4.69, 9.17) is 0 Å². The molecular weight excluding hydrogens is 240 g/mol. The Balaban J connectivity index is 2.35. The summed E-state index contributed by atoms with van der Waals surface area (Å²) in [5.41, 5.74) is 0.931. The highest BCUT2D eigenvalue weighted by atomic mass is 32.2. The molecule has 0 saturated carbocycles. The van der Waals surface area contributed by atoms with Crippen molar-refractivity contribution in [1.82, 2.24) is 10.4 Å². The molecule has 0 saturated heterocycles. The van der Waals surface area contributed by atoms with Crippen LogP contribution in [0.1, 0.15) is 12.5 Å². The number of hydrogen-bond acceptors (Lipinski definition) is 4. The van der Waals surface area contributed by atoms with Crippen LogP contribution in [0.15, 0.2) is 29.2 Å². The second kappa shape index (κ2) is 4.77. The van der Waals surface area contributed by atoms with Crippen molar-refractivity contribution in [3.8, 4) is 0 Å². The number of urea groups is 1. The standard InChI is InChI=1S/C11H12N2O3S/c1-7-10(14)13(16)11(15)12-6-8-4-2-3-5-9(8)17-7/h2-5,7,16H,6H2,1H3,(H,12,15). The predicted molar refractivity (Wildman–Crippen MR) is 62.6 cm³/mol. The molecule has 1 aromatic rings. The molecule has 1 aliphatic rings. The summed E-state index contributed by atoms with van der Waals surface area (Å²) in [6.45, 7) is 1.95. The predicted octanol–water partition coefficient (Wildman–Crippen LogP) is 1.61. The molecular formula is C11H12N2O3S. The number of fused-ring (bicyclic) bond motifs is 1. The summed E-state index contributed by atoms with van der Waals surface area (Å²) >= 11 is 1.33. The maximum absolute atomic E-state index is 11.7. The van der Waals surface area contributed by atoms with Gasteiger partial charge in [0.25, 0.3) is 5.91 Å². The Kier molecular flexibility index (Phi) is 3.35. The number of thioether (sulfide) groups is 1. The molecule has 0 aliphatic carbocycles. The molecule has 0 aromatic heterocycles. The minimum atomic E-state index is -0.792. The summed E-state index contributed by atoms with van der Waals surface area (Å²) in [5, 5.41) is 11.5. The van der Waals surface area contributed by atoms with E-state index in [1.807, 2.05) is 24.3 Å². The molecule has 17 heavy (non-hydrogen) atoms. The Bertz CT molecular complexity index is 464. The molecule has 0 spiro atoms.